The lowest BCUT2D eigenvalue weighted by Gasteiger charge is -2.15. The van der Waals surface area contributed by atoms with Gasteiger partial charge >= 0.3 is 0 Å². The zero-order valence-electron chi connectivity index (χ0n) is 19.1. The molecule has 0 unspecified atom stereocenters. The second kappa shape index (κ2) is 12.5. The molecule has 35 heavy (non-hydrogen) atoms. The number of amides is 1. The Morgan fingerprint density at radius 2 is 1.74 bits per heavy atom. The van der Waals surface area contributed by atoms with Gasteiger partial charge in [0.1, 0.15) is 12.4 Å². The van der Waals surface area contributed by atoms with Crippen molar-refractivity contribution in [1.82, 2.24) is 4.90 Å². The lowest BCUT2D eigenvalue weighted by molar-refractivity contribution is -0.122. The molecule has 3 aromatic rings. The molecule has 1 heterocycles. The molecule has 3 aromatic carbocycles. The van der Waals surface area contributed by atoms with Crippen molar-refractivity contribution in [2.75, 3.05) is 20.3 Å². The largest absolute Gasteiger partial charge is 0.488 e. The van der Waals surface area contributed by atoms with Crippen LogP contribution in [0.15, 0.2) is 91.6 Å². The fourth-order valence-electron chi connectivity index (χ4n) is 3.42. The van der Waals surface area contributed by atoms with Crippen LogP contribution in [-0.2, 0) is 16.1 Å². The van der Waals surface area contributed by atoms with Crippen LogP contribution >= 0.6 is 43.6 Å². The SMILES string of the molecule is COCCCN1C(=O)/C(=C/c2cc(Br)ccc2OCc2ccc(Br)cc2)SC1=Nc1ccccc1. The lowest BCUT2D eigenvalue weighted by atomic mass is 10.1. The number of halogens is 2. The Hall–Kier alpha value is -2.39. The third kappa shape index (κ3) is 7.07. The van der Waals surface area contributed by atoms with Gasteiger partial charge in [-0.2, -0.15) is 0 Å². The highest BCUT2D eigenvalue weighted by Gasteiger charge is 2.33. The number of rotatable bonds is 9. The van der Waals surface area contributed by atoms with Gasteiger partial charge in [-0.1, -0.05) is 62.2 Å². The average molecular weight is 616 g/mol. The van der Waals surface area contributed by atoms with E-state index in [1.54, 1.807) is 12.0 Å². The highest BCUT2D eigenvalue weighted by atomic mass is 79.9. The number of ether oxygens (including phenoxy) is 2. The maximum absolute atomic E-state index is 13.4. The Balaban J connectivity index is 1.61. The molecule has 8 heteroatoms. The summed E-state index contributed by atoms with van der Waals surface area (Å²) in [5, 5.41) is 0.663. The molecule has 0 N–H and O–H groups in total. The van der Waals surface area contributed by atoms with Crippen LogP contribution in [0, 0.1) is 0 Å². The summed E-state index contributed by atoms with van der Waals surface area (Å²) in [5.41, 5.74) is 2.69. The second-order valence-corrected chi connectivity index (χ2v) is 10.6. The molecule has 0 spiro atoms. The minimum Gasteiger partial charge on any atom is -0.488 e. The summed E-state index contributed by atoms with van der Waals surface area (Å²) in [6.07, 6.45) is 2.60. The summed E-state index contributed by atoms with van der Waals surface area (Å²) < 4.78 is 13.3. The van der Waals surface area contributed by atoms with E-state index in [1.165, 1.54) is 11.8 Å². The highest BCUT2D eigenvalue weighted by Crippen LogP contribution is 2.36. The molecule has 0 aromatic heterocycles. The number of nitrogens with zero attached hydrogens (tertiary/aromatic N) is 2. The first-order valence-corrected chi connectivity index (χ1v) is 13.4. The topological polar surface area (TPSA) is 51.1 Å². The molecule has 0 atom stereocenters. The molecule has 5 nitrogen and oxygen atoms in total. The van der Waals surface area contributed by atoms with Gasteiger partial charge in [-0.25, -0.2) is 4.99 Å². The Morgan fingerprint density at radius 1 is 1.00 bits per heavy atom. The number of thioether (sulfide) groups is 1. The van der Waals surface area contributed by atoms with Gasteiger partial charge < -0.3 is 9.47 Å². The molecule has 1 fully saturated rings. The molecule has 4 rings (SSSR count). The lowest BCUT2D eigenvalue weighted by Crippen LogP contribution is -2.30. The van der Waals surface area contributed by atoms with E-state index in [0.717, 1.165) is 32.2 Å². The van der Waals surface area contributed by atoms with Gasteiger partial charge in [0.05, 0.1) is 10.6 Å². The van der Waals surface area contributed by atoms with Gasteiger partial charge in [-0.3, -0.25) is 9.69 Å². The predicted molar refractivity (Wildman–Crippen MR) is 150 cm³/mol. The first-order chi connectivity index (χ1) is 17.0. The number of methoxy groups -OCH3 is 1. The fourth-order valence-corrected chi connectivity index (χ4v) is 5.07. The first-order valence-electron chi connectivity index (χ1n) is 11.0. The minimum atomic E-state index is -0.0698. The predicted octanol–water partition coefficient (Wildman–Crippen LogP) is 7.43. The Bertz CT molecular complexity index is 1230. The van der Waals surface area contributed by atoms with Crippen LogP contribution in [0.4, 0.5) is 5.69 Å². The smallest absolute Gasteiger partial charge is 0.266 e. The van der Waals surface area contributed by atoms with Crippen LogP contribution in [0.3, 0.4) is 0 Å². The molecule has 0 radical (unpaired) electrons. The number of para-hydroxylation sites is 1. The molecule has 180 valence electrons. The molecule has 0 aliphatic carbocycles. The van der Waals surface area contributed by atoms with Crippen LogP contribution in [0.2, 0.25) is 0 Å². The van der Waals surface area contributed by atoms with Crippen LogP contribution in [-0.4, -0.2) is 36.2 Å². The van der Waals surface area contributed by atoms with Gasteiger partial charge in [-0.05, 0) is 72.3 Å². The zero-order chi connectivity index (χ0) is 24.6. The van der Waals surface area contributed by atoms with E-state index in [9.17, 15) is 4.79 Å². The molecular formula is C27H24Br2N2O3S. The molecule has 1 aliphatic rings. The summed E-state index contributed by atoms with van der Waals surface area (Å²) in [4.78, 5) is 20.4. The molecule has 0 bridgehead atoms. The summed E-state index contributed by atoms with van der Waals surface area (Å²) in [6, 6.07) is 23.5. The summed E-state index contributed by atoms with van der Waals surface area (Å²) in [7, 11) is 1.66. The number of hydrogen-bond acceptors (Lipinski definition) is 5. The number of benzene rings is 3. The average Bonchev–Trinajstić information content (AvgIpc) is 3.14. The van der Waals surface area contributed by atoms with Crippen LogP contribution in [0.1, 0.15) is 17.5 Å². The quantitative estimate of drug-likeness (QED) is 0.186. The van der Waals surface area contributed by atoms with E-state index in [-0.39, 0.29) is 5.91 Å². The summed E-state index contributed by atoms with van der Waals surface area (Å²) in [6.45, 7) is 1.54. The van der Waals surface area contributed by atoms with Gasteiger partial charge in [0.15, 0.2) is 5.17 Å². The van der Waals surface area contributed by atoms with Crippen molar-refractivity contribution in [3.63, 3.8) is 0 Å². The van der Waals surface area contributed by atoms with E-state index >= 15 is 0 Å². The maximum atomic E-state index is 13.4. The number of hydrogen-bond donors (Lipinski definition) is 0. The van der Waals surface area contributed by atoms with Crippen molar-refractivity contribution in [2.24, 2.45) is 4.99 Å². The Labute approximate surface area is 226 Å². The van der Waals surface area contributed by atoms with Gasteiger partial charge in [0.25, 0.3) is 5.91 Å². The van der Waals surface area contributed by atoms with Crippen LogP contribution in [0.5, 0.6) is 5.75 Å². The standard InChI is InChI=1S/C27H24Br2N2O3S/c1-33-15-5-14-31-26(32)25(35-27(31)30-23-6-3-2-4-7-23)17-20-16-22(29)12-13-24(20)34-18-19-8-10-21(28)11-9-19/h2-4,6-13,16-17H,5,14-15,18H2,1H3/b25-17-,30-27?. The molecule has 1 aliphatic heterocycles. The first kappa shape index (κ1) is 25.7. The monoisotopic (exact) mass is 614 g/mol. The number of aliphatic imine (C=N–C) groups is 1. The maximum Gasteiger partial charge on any atom is 0.266 e. The molecule has 0 saturated carbocycles. The normalized spacial score (nSPS) is 15.9. The van der Waals surface area contributed by atoms with Crippen molar-refractivity contribution in [3.8, 4) is 5.75 Å². The van der Waals surface area contributed by atoms with E-state index in [1.807, 2.05) is 78.9 Å². The summed E-state index contributed by atoms with van der Waals surface area (Å²) >= 11 is 8.38. The van der Waals surface area contributed by atoms with Crippen LogP contribution < -0.4 is 4.74 Å². The Kier molecular flexibility index (Phi) is 9.20. The minimum absolute atomic E-state index is 0.0698. The number of amidine groups is 1. The van der Waals surface area contributed by atoms with E-state index in [2.05, 4.69) is 31.9 Å². The fraction of sp³-hybridized carbons (Fsp3) is 0.185. The van der Waals surface area contributed by atoms with Crippen molar-refractivity contribution in [3.05, 3.63) is 97.8 Å². The zero-order valence-corrected chi connectivity index (χ0v) is 23.1. The van der Waals surface area contributed by atoms with Crippen molar-refractivity contribution in [1.29, 1.82) is 0 Å². The van der Waals surface area contributed by atoms with Gasteiger partial charge in [0.2, 0.25) is 0 Å². The number of carbonyl (C=O) groups excluding carboxylic acids is 1. The second-order valence-electron chi connectivity index (χ2n) is 7.74. The van der Waals surface area contributed by atoms with E-state index < -0.39 is 0 Å². The van der Waals surface area contributed by atoms with Crippen molar-refractivity contribution in [2.45, 2.75) is 13.0 Å². The summed E-state index contributed by atoms with van der Waals surface area (Å²) in [5.74, 6) is 0.635. The molecule has 1 saturated heterocycles. The van der Waals surface area contributed by atoms with E-state index in [0.29, 0.717) is 35.6 Å². The van der Waals surface area contributed by atoms with Crippen LogP contribution in [0.25, 0.3) is 6.08 Å². The molecular weight excluding hydrogens is 592 g/mol. The Morgan fingerprint density at radius 3 is 2.49 bits per heavy atom. The third-order valence-corrected chi connectivity index (χ3v) is 7.19. The third-order valence-electron chi connectivity index (χ3n) is 5.17. The molecule has 1 amide bonds. The van der Waals surface area contributed by atoms with Gasteiger partial charge in [0, 0.05) is 34.8 Å². The van der Waals surface area contributed by atoms with Gasteiger partial charge in [-0.15, -0.1) is 0 Å². The highest BCUT2D eigenvalue weighted by molar-refractivity contribution is 9.10. The van der Waals surface area contributed by atoms with E-state index in [4.69, 9.17) is 14.5 Å². The van der Waals surface area contributed by atoms with Crippen molar-refractivity contribution >= 4 is 66.5 Å². The number of carbonyl (C=O) groups is 1. The van der Waals surface area contributed by atoms with Crippen molar-refractivity contribution < 1.29 is 14.3 Å².